The second-order valence-electron chi connectivity index (χ2n) is 7.44. The van der Waals surface area contributed by atoms with Crippen molar-refractivity contribution in [1.82, 2.24) is 4.57 Å². The second-order valence-corrected chi connectivity index (χ2v) is 7.44. The lowest BCUT2D eigenvalue weighted by atomic mass is 9.78. The third kappa shape index (κ3) is 2.05. The van der Waals surface area contributed by atoms with E-state index in [-0.39, 0.29) is 18.3 Å². The van der Waals surface area contributed by atoms with Gasteiger partial charge < -0.3 is 13.9 Å². The van der Waals surface area contributed by atoms with Gasteiger partial charge in [0.2, 0.25) is 0 Å². The number of benzene rings is 2. The van der Waals surface area contributed by atoms with Gasteiger partial charge >= 0.3 is 7.12 Å². The molecule has 23 heavy (non-hydrogen) atoms. The molecule has 1 aromatic heterocycles. The van der Waals surface area contributed by atoms with Crippen molar-refractivity contribution in [1.29, 1.82) is 0 Å². The zero-order valence-electron chi connectivity index (χ0n) is 14.4. The fraction of sp³-hybridized carbons (Fsp3) is 0.368. The highest BCUT2D eigenvalue weighted by Crippen LogP contribution is 2.37. The van der Waals surface area contributed by atoms with Crippen LogP contribution in [-0.4, -0.2) is 22.9 Å². The molecule has 0 saturated carbocycles. The highest BCUT2D eigenvalue weighted by Gasteiger charge is 2.51. The van der Waals surface area contributed by atoms with Crippen molar-refractivity contribution in [3.05, 3.63) is 42.5 Å². The molecule has 0 aliphatic carbocycles. The lowest BCUT2D eigenvalue weighted by molar-refractivity contribution is 0.00578. The molecule has 0 N–H and O–H groups in total. The molecule has 3 nitrogen and oxygen atoms in total. The second kappa shape index (κ2) is 4.62. The van der Waals surface area contributed by atoms with Gasteiger partial charge in [-0.15, -0.1) is 0 Å². The summed E-state index contributed by atoms with van der Waals surface area (Å²) in [4.78, 5) is 0. The summed E-state index contributed by atoms with van der Waals surface area (Å²) in [6.07, 6.45) is 0. The van der Waals surface area contributed by atoms with Crippen LogP contribution < -0.4 is 5.46 Å². The summed E-state index contributed by atoms with van der Waals surface area (Å²) in [6.45, 7) is 8.35. The average Bonchev–Trinajstić information content (AvgIpc) is 2.91. The van der Waals surface area contributed by atoms with E-state index < -0.39 is 0 Å². The number of hydrogen-bond donors (Lipinski definition) is 0. The Morgan fingerprint density at radius 3 is 2.13 bits per heavy atom. The Balaban J connectivity index is 1.86. The van der Waals surface area contributed by atoms with E-state index in [4.69, 9.17) is 9.31 Å². The summed E-state index contributed by atoms with van der Waals surface area (Å²) in [7, 11) is 1.79. The zero-order chi connectivity index (χ0) is 16.4. The Bertz CT molecular complexity index is 894. The average molecular weight is 307 g/mol. The van der Waals surface area contributed by atoms with Gasteiger partial charge in [0, 0.05) is 28.9 Å². The third-order valence-electron chi connectivity index (χ3n) is 5.46. The molecule has 2 heterocycles. The normalized spacial score (nSPS) is 19.8. The number of nitrogens with zero attached hydrogens (tertiary/aromatic N) is 1. The Morgan fingerprint density at radius 2 is 1.43 bits per heavy atom. The van der Waals surface area contributed by atoms with Crippen molar-refractivity contribution in [2.45, 2.75) is 38.9 Å². The Morgan fingerprint density at radius 1 is 0.826 bits per heavy atom. The maximum Gasteiger partial charge on any atom is 0.494 e. The van der Waals surface area contributed by atoms with E-state index in [1.165, 1.54) is 21.8 Å². The van der Waals surface area contributed by atoms with Crippen molar-refractivity contribution in [3.8, 4) is 0 Å². The molecule has 118 valence electrons. The minimum atomic E-state index is -0.316. The molecule has 4 heteroatoms. The van der Waals surface area contributed by atoms with Crippen LogP contribution in [0.25, 0.3) is 21.8 Å². The van der Waals surface area contributed by atoms with Gasteiger partial charge in [-0.25, -0.2) is 0 Å². The molecule has 1 aliphatic heterocycles. The van der Waals surface area contributed by atoms with Gasteiger partial charge in [0.1, 0.15) is 0 Å². The zero-order valence-corrected chi connectivity index (χ0v) is 14.4. The number of hydrogen-bond acceptors (Lipinski definition) is 2. The highest BCUT2D eigenvalue weighted by atomic mass is 16.7. The first kappa shape index (κ1) is 14.8. The first-order valence-corrected chi connectivity index (χ1v) is 8.13. The summed E-state index contributed by atoms with van der Waals surface area (Å²) >= 11 is 0. The van der Waals surface area contributed by atoms with Crippen LogP contribution in [0.2, 0.25) is 0 Å². The van der Waals surface area contributed by atoms with Gasteiger partial charge in [-0.1, -0.05) is 30.3 Å². The summed E-state index contributed by atoms with van der Waals surface area (Å²) < 4.78 is 14.6. The van der Waals surface area contributed by atoms with Crippen LogP contribution in [0.3, 0.4) is 0 Å². The highest BCUT2D eigenvalue weighted by molar-refractivity contribution is 6.62. The molecule has 3 aromatic rings. The minimum absolute atomic E-state index is 0.314. The SMILES string of the molecule is Cn1c2ccccc2c2cc(B3OC(C)(C)C(C)(C)O3)ccc21. The summed E-state index contributed by atoms with van der Waals surface area (Å²) in [5, 5.41) is 2.51. The molecule has 0 spiro atoms. The van der Waals surface area contributed by atoms with Gasteiger partial charge in [0.25, 0.3) is 0 Å². The van der Waals surface area contributed by atoms with Gasteiger partial charge in [0.05, 0.1) is 11.2 Å². The quantitative estimate of drug-likeness (QED) is 0.641. The predicted molar refractivity (Wildman–Crippen MR) is 96.1 cm³/mol. The Labute approximate surface area is 137 Å². The van der Waals surface area contributed by atoms with Gasteiger partial charge in [-0.2, -0.15) is 0 Å². The number of aryl methyl sites for hydroxylation is 1. The molecule has 0 unspecified atom stereocenters. The number of rotatable bonds is 1. The lowest BCUT2D eigenvalue weighted by Gasteiger charge is -2.32. The summed E-state index contributed by atoms with van der Waals surface area (Å²) in [5.74, 6) is 0. The van der Waals surface area contributed by atoms with Crippen molar-refractivity contribution in [2.75, 3.05) is 0 Å². The maximum absolute atomic E-state index is 6.19. The first-order chi connectivity index (χ1) is 10.8. The molecular weight excluding hydrogens is 285 g/mol. The smallest absolute Gasteiger partial charge is 0.399 e. The van der Waals surface area contributed by atoms with E-state index in [1.807, 2.05) is 0 Å². The van der Waals surface area contributed by atoms with Crippen molar-refractivity contribution >= 4 is 34.4 Å². The van der Waals surface area contributed by atoms with Crippen molar-refractivity contribution in [2.24, 2.45) is 7.05 Å². The molecule has 0 amide bonds. The van der Waals surface area contributed by atoms with Crippen LogP contribution in [0.15, 0.2) is 42.5 Å². The number of para-hydroxylation sites is 1. The van der Waals surface area contributed by atoms with Crippen LogP contribution >= 0.6 is 0 Å². The van der Waals surface area contributed by atoms with Gasteiger partial charge in [-0.05, 0) is 45.3 Å². The lowest BCUT2D eigenvalue weighted by Crippen LogP contribution is -2.41. The van der Waals surface area contributed by atoms with Crippen LogP contribution in [-0.2, 0) is 16.4 Å². The molecule has 1 aliphatic rings. The van der Waals surface area contributed by atoms with Crippen LogP contribution in [0.4, 0.5) is 0 Å². The van der Waals surface area contributed by atoms with Crippen LogP contribution in [0.5, 0.6) is 0 Å². The molecule has 1 fully saturated rings. The molecule has 0 atom stereocenters. The third-order valence-corrected chi connectivity index (χ3v) is 5.46. The molecule has 0 bridgehead atoms. The minimum Gasteiger partial charge on any atom is -0.399 e. The van der Waals surface area contributed by atoms with E-state index in [2.05, 4.69) is 81.8 Å². The molecule has 2 aromatic carbocycles. The molecule has 4 rings (SSSR count). The first-order valence-electron chi connectivity index (χ1n) is 8.13. The Hall–Kier alpha value is -1.78. The summed E-state index contributed by atoms with van der Waals surface area (Å²) in [5.41, 5.74) is 2.92. The topological polar surface area (TPSA) is 23.4 Å². The molecule has 0 radical (unpaired) electrons. The van der Waals surface area contributed by atoms with Gasteiger partial charge in [-0.3, -0.25) is 0 Å². The van der Waals surface area contributed by atoms with Crippen molar-refractivity contribution in [3.63, 3.8) is 0 Å². The van der Waals surface area contributed by atoms with E-state index in [1.54, 1.807) is 0 Å². The van der Waals surface area contributed by atoms with E-state index >= 15 is 0 Å². The van der Waals surface area contributed by atoms with E-state index in [0.29, 0.717) is 0 Å². The van der Waals surface area contributed by atoms with E-state index in [0.717, 1.165) is 5.46 Å². The fourth-order valence-corrected chi connectivity index (χ4v) is 3.31. The van der Waals surface area contributed by atoms with E-state index in [9.17, 15) is 0 Å². The standard InChI is InChI=1S/C19H22BNO2/c1-18(2)19(3,4)23-20(22-18)13-10-11-17-15(12-13)14-8-6-7-9-16(14)21(17)5/h6-12H,1-5H3. The maximum atomic E-state index is 6.19. The van der Waals surface area contributed by atoms with Crippen LogP contribution in [0.1, 0.15) is 27.7 Å². The monoisotopic (exact) mass is 307 g/mol. The van der Waals surface area contributed by atoms with Crippen LogP contribution in [0, 0.1) is 0 Å². The fourth-order valence-electron chi connectivity index (χ4n) is 3.31. The summed E-state index contributed by atoms with van der Waals surface area (Å²) in [6, 6.07) is 15.0. The number of aromatic nitrogens is 1. The largest absolute Gasteiger partial charge is 0.494 e. The molecular formula is C19H22BNO2. The van der Waals surface area contributed by atoms with Gasteiger partial charge in [0.15, 0.2) is 0 Å². The Kier molecular flexibility index (Phi) is 2.97. The van der Waals surface area contributed by atoms with Crippen molar-refractivity contribution < 1.29 is 9.31 Å². The predicted octanol–water partition coefficient (Wildman–Crippen LogP) is 3.63. The molecule has 1 saturated heterocycles. The number of fused-ring (bicyclic) bond motifs is 3.